The second-order valence-corrected chi connectivity index (χ2v) is 11.7. The van der Waals surface area contributed by atoms with Crippen molar-refractivity contribution in [3.8, 4) is 5.75 Å². The van der Waals surface area contributed by atoms with Crippen LogP contribution in [0.25, 0.3) is 0 Å². The molecule has 5 heteroatoms. The molecule has 0 aliphatic rings. The van der Waals surface area contributed by atoms with Crippen LogP contribution in [0, 0.1) is 0 Å². The number of unbranched alkanes of at least 4 members (excludes halogenated alkanes) is 18. The van der Waals surface area contributed by atoms with Gasteiger partial charge in [-0.15, -0.1) is 0 Å². The number of rotatable bonds is 23. The highest BCUT2D eigenvalue weighted by atomic mass is 32.2. The third-order valence-electron chi connectivity index (χ3n) is 7.17. The SMILES string of the molecule is CCCCCCCCCCCCc1ccc(O)c(S(=O)(=O)O)c1CCCCCCCCCCCC. The summed E-state index contributed by atoms with van der Waals surface area (Å²) in [5.74, 6) is -0.332. The maximum absolute atomic E-state index is 12.0. The molecule has 1 aromatic carbocycles. The molecular weight excluding hydrogens is 456 g/mol. The van der Waals surface area contributed by atoms with E-state index in [-0.39, 0.29) is 10.6 Å². The third-order valence-corrected chi connectivity index (χ3v) is 8.15. The van der Waals surface area contributed by atoms with Gasteiger partial charge in [0.15, 0.2) is 0 Å². The van der Waals surface area contributed by atoms with Crippen LogP contribution in [0.5, 0.6) is 5.75 Å². The molecule has 0 saturated carbocycles. The summed E-state index contributed by atoms with van der Waals surface area (Å²) in [4.78, 5) is -0.266. The number of hydrogen-bond acceptors (Lipinski definition) is 3. The zero-order valence-electron chi connectivity index (χ0n) is 22.8. The summed E-state index contributed by atoms with van der Waals surface area (Å²) in [5.41, 5.74) is 1.59. The van der Waals surface area contributed by atoms with E-state index in [1.165, 1.54) is 102 Å². The molecule has 0 atom stereocenters. The van der Waals surface area contributed by atoms with Gasteiger partial charge in [0.1, 0.15) is 10.6 Å². The predicted molar refractivity (Wildman–Crippen MR) is 149 cm³/mol. The summed E-state index contributed by atoms with van der Waals surface area (Å²) in [6, 6.07) is 3.28. The van der Waals surface area contributed by atoms with Crippen LogP contribution in [-0.2, 0) is 23.0 Å². The maximum atomic E-state index is 12.0. The van der Waals surface area contributed by atoms with Gasteiger partial charge in [0.05, 0.1) is 0 Å². The molecule has 2 N–H and O–H groups in total. The van der Waals surface area contributed by atoms with E-state index in [4.69, 9.17) is 0 Å². The second-order valence-electron chi connectivity index (χ2n) is 10.4. The summed E-state index contributed by atoms with van der Waals surface area (Å²) in [6.45, 7) is 4.48. The van der Waals surface area contributed by atoms with Crippen LogP contribution >= 0.6 is 0 Å². The molecule has 0 aromatic heterocycles. The van der Waals surface area contributed by atoms with Gasteiger partial charge in [0.25, 0.3) is 10.1 Å². The summed E-state index contributed by atoms with van der Waals surface area (Å²) in [7, 11) is -4.45. The van der Waals surface area contributed by atoms with Crippen molar-refractivity contribution >= 4 is 10.1 Å². The van der Waals surface area contributed by atoms with Crippen LogP contribution in [0.15, 0.2) is 17.0 Å². The first kappa shape index (κ1) is 32.0. The van der Waals surface area contributed by atoms with Crippen molar-refractivity contribution in [1.29, 1.82) is 0 Å². The fourth-order valence-electron chi connectivity index (χ4n) is 5.04. The standard InChI is InChI=1S/C30H54O4S/c1-3-5-7-9-11-13-15-17-19-21-23-27-25-26-29(31)30(35(32,33)34)28(27)24-22-20-18-16-14-12-10-8-6-4-2/h25-26,31H,3-24H2,1-2H3,(H,32,33,34). The van der Waals surface area contributed by atoms with Crippen LogP contribution < -0.4 is 0 Å². The quantitative estimate of drug-likeness (QED) is 0.113. The number of hydrogen-bond donors (Lipinski definition) is 2. The lowest BCUT2D eigenvalue weighted by Gasteiger charge is -2.15. The fourth-order valence-corrected chi connectivity index (χ4v) is 5.92. The van der Waals surface area contributed by atoms with E-state index >= 15 is 0 Å². The largest absolute Gasteiger partial charge is 0.506 e. The van der Waals surface area contributed by atoms with Crippen molar-refractivity contribution in [3.63, 3.8) is 0 Å². The fraction of sp³-hybridized carbons (Fsp3) is 0.800. The number of benzene rings is 1. The smallest absolute Gasteiger partial charge is 0.298 e. The predicted octanol–water partition coefficient (Wildman–Crippen LogP) is 9.57. The molecule has 204 valence electrons. The maximum Gasteiger partial charge on any atom is 0.298 e. The molecule has 0 fully saturated rings. The van der Waals surface area contributed by atoms with Crippen molar-refractivity contribution < 1.29 is 18.1 Å². The van der Waals surface area contributed by atoms with Gasteiger partial charge >= 0.3 is 0 Å². The van der Waals surface area contributed by atoms with Crippen molar-refractivity contribution in [2.45, 2.75) is 160 Å². The Kier molecular flexibility index (Phi) is 18.3. The molecule has 0 bridgehead atoms. The average molecular weight is 511 g/mol. The molecule has 0 heterocycles. The van der Waals surface area contributed by atoms with Gasteiger partial charge in [-0.2, -0.15) is 8.42 Å². The van der Waals surface area contributed by atoms with E-state index in [0.29, 0.717) is 12.0 Å². The molecule has 0 aliphatic heterocycles. The zero-order chi connectivity index (χ0) is 25.8. The van der Waals surface area contributed by atoms with Crippen LogP contribution in [0.3, 0.4) is 0 Å². The van der Waals surface area contributed by atoms with Crippen molar-refractivity contribution in [1.82, 2.24) is 0 Å². The van der Waals surface area contributed by atoms with E-state index in [2.05, 4.69) is 13.8 Å². The van der Waals surface area contributed by atoms with Crippen molar-refractivity contribution in [2.24, 2.45) is 0 Å². The molecule has 1 rings (SSSR count). The van der Waals surface area contributed by atoms with Gasteiger partial charge < -0.3 is 5.11 Å². The minimum Gasteiger partial charge on any atom is -0.506 e. The number of phenols is 1. The van der Waals surface area contributed by atoms with E-state index < -0.39 is 10.1 Å². The lowest BCUT2D eigenvalue weighted by atomic mass is 9.95. The zero-order valence-corrected chi connectivity index (χ0v) is 23.6. The highest BCUT2D eigenvalue weighted by molar-refractivity contribution is 7.86. The highest BCUT2D eigenvalue weighted by Gasteiger charge is 2.22. The van der Waals surface area contributed by atoms with Crippen LogP contribution in [0.2, 0.25) is 0 Å². The molecule has 0 amide bonds. The first-order valence-corrected chi connectivity index (χ1v) is 16.2. The second kappa shape index (κ2) is 20.0. The summed E-state index contributed by atoms with van der Waals surface area (Å²) in [6.07, 6.45) is 26.2. The first-order chi connectivity index (χ1) is 16.9. The van der Waals surface area contributed by atoms with Crippen molar-refractivity contribution in [3.05, 3.63) is 23.3 Å². The van der Waals surface area contributed by atoms with Gasteiger partial charge in [-0.25, -0.2) is 0 Å². The summed E-state index contributed by atoms with van der Waals surface area (Å²) >= 11 is 0. The molecule has 0 radical (unpaired) electrons. The molecule has 0 unspecified atom stereocenters. The van der Waals surface area contributed by atoms with Gasteiger partial charge in [0, 0.05) is 0 Å². The van der Waals surface area contributed by atoms with Crippen LogP contribution in [0.1, 0.15) is 153 Å². The lowest BCUT2D eigenvalue weighted by Crippen LogP contribution is -2.07. The molecule has 1 aromatic rings. The molecular formula is C30H54O4S. The Hall–Kier alpha value is -1.07. The Balaban J connectivity index is 2.47. The summed E-state index contributed by atoms with van der Waals surface area (Å²) < 4.78 is 33.9. The average Bonchev–Trinajstić information content (AvgIpc) is 2.81. The molecule has 4 nitrogen and oxygen atoms in total. The van der Waals surface area contributed by atoms with Gasteiger partial charge in [0.2, 0.25) is 0 Å². The highest BCUT2D eigenvalue weighted by Crippen LogP contribution is 2.32. The Bertz CT molecular complexity index is 758. The Morgan fingerprint density at radius 1 is 0.571 bits per heavy atom. The topological polar surface area (TPSA) is 74.6 Å². The van der Waals surface area contributed by atoms with Crippen molar-refractivity contribution in [2.75, 3.05) is 0 Å². The minimum absolute atomic E-state index is 0.266. The molecule has 0 spiro atoms. The third kappa shape index (κ3) is 14.9. The Morgan fingerprint density at radius 2 is 0.943 bits per heavy atom. The van der Waals surface area contributed by atoms with Gasteiger partial charge in [-0.3, -0.25) is 4.55 Å². The first-order valence-electron chi connectivity index (χ1n) is 14.7. The Morgan fingerprint density at radius 3 is 1.34 bits per heavy atom. The molecule has 35 heavy (non-hydrogen) atoms. The van der Waals surface area contributed by atoms with Crippen LogP contribution in [0.4, 0.5) is 0 Å². The van der Waals surface area contributed by atoms with E-state index in [0.717, 1.165) is 44.1 Å². The van der Waals surface area contributed by atoms with E-state index in [9.17, 15) is 18.1 Å². The monoisotopic (exact) mass is 510 g/mol. The van der Waals surface area contributed by atoms with Gasteiger partial charge in [-0.1, -0.05) is 135 Å². The normalized spacial score (nSPS) is 11.9. The number of aromatic hydroxyl groups is 1. The summed E-state index contributed by atoms with van der Waals surface area (Å²) in [5, 5.41) is 10.2. The number of phenolic OH excluding ortho intramolecular Hbond substituents is 1. The lowest BCUT2D eigenvalue weighted by molar-refractivity contribution is 0.439. The number of aryl methyl sites for hydroxylation is 1. The van der Waals surface area contributed by atoms with E-state index in [1.807, 2.05) is 6.07 Å². The minimum atomic E-state index is -4.45. The van der Waals surface area contributed by atoms with Crippen LogP contribution in [-0.4, -0.2) is 18.1 Å². The molecule has 0 saturated heterocycles. The Labute approximate surface area is 217 Å². The van der Waals surface area contributed by atoms with E-state index in [1.54, 1.807) is 0 Å². The molecule has 0 aliphatic carbocycles. The van der Waals surface area contributed by atoms with Gasteiger partial charge in [-0.05, 0) is 42.9 Å².